The second-order valence-electron chi connectivity index (χ2n) is 6.64. The zero-order valence-corrected chi connectivity index (χ0v) is 17.4. The summed E-state index contributed by atoms with van der Waals surface area (Å²) in [6.07, 6.45) is 1.21. The molecule has 0 saturated carbocycles. The minimum absolute atomic E-state index is 0.117. The lowest BCUT2D eigenvalue weighted by molar-refractivity contribution is -0.192. The molecule has 0 spiro atoms. The highest BCUT2D eigenvalue weighted by molar-refractivity contribution is 5.96. The van der Waals surface area contributed by atoms with Gasteiger partial charge in [-0.25, -0.2) is 14.8 Å². The Morgan fingerprint density at radius 2 is 1.91 bits per heavy atom. The van der Waals surface area contributed by atoms with Crippen LogP contribution in [-0.4, -0.2) is 42.8 Å². The fourth-order valence-electron chi connectivity index (χ4n) is 2.54. The van der Waals surface area contributed by atoms with Gasteiger partial charge in [0.2, 0.25) is 5.88 Å². The average Bonchev–Trinajstić information content (AvgIpc) is 3.31. The number of hydrogen-bond donors (Lipinski definition) is 2. The molecule has 0 unspecified atom stereocenters. The standard InChI is InChI=1S/C19H21N5O2.C2HF3O2/c20-12-17-11-19(22-14-21-17)26-13-15-4-1-5-16(10-15)18(25)6-2-8-24-9-3-7-23-24;3-2(4,5)1(6)7/h1,3-5,7,9-11,14H,2,6,8,12-13,20H2;(H,6,7). The molecule has 12 heteroatoms. The van der Waals surface area contributed by atoms with Gasteiger partial charge in [0, 0.05) is 43.5 Å². The van der Waals surface area contributed by atoms with Gasteiger partial charge in [-0.15, -0.1) is 0 Å². The van der Waals surface area contributed by atoms with Gasteiger partial charge in [0.15, 0.2) is 5.78 Å². The topological polar surface area (TPSA) is 133 Å². The number of aryl methyl sites for hydroxylation is 1. The Labute approximate surface area is 187 Å². The monoisotopic (exact) mass is 465 g/mol. The van der Waals surface area contributed by atoms with Crippen LogP contribution in [0, 0.1) is 0 Å². The summed E-state index contributed by atoms with van der Waals surface area (Å²) >= 11 is 0. The SMILES string of the molecule is NCc1cc(OCc2cccc(C(=O)CCCn3cccn3)c2)ncn1.O=C(O)C(F)(F)F. The molecule has 0 saturated heterocycles. The Hall–Kier alpha value is -3.80. The molecule has 0 bridgehead atoms. The maximum atomic E-state index is 12.4. The van der Waals surface area contributed by atoms with Crippen LogP contribution in [0.25, 0.3) is 0 Å². The highest BCUT2D eigenvalue weighted by Gasteiger charge is 2.38. The van der Waals surface area contributed by atoms with E-state index in [1.165, 1.54) is 6.33 Å². The predicted molar refractivity (Wildman–Crippen MR) is 110 cm³/mol. The van der Waals surface area contributed by atoms with Gasteiger partial charge in [-0.1, -0.05) is 18.2 Å². The number of carbonyl (C=O) groups excluding carboxylic acids is 1. The second kappa shape index (κ2) is 12.3. The van der Waals surface area contributed by atoms with Crippen molar-refractivity contribution in [3.8, 4) is 5.88 Å². The lowest BCUT2D eigenvalue weighted by Crippen LogP contribution is -2.21. The number of aliphatic carboxylic acids is 1. The number of halogens is 3. The van der Waals surface area contributed by atoms with Crippen LogP contribution in [0.1, 0.15) is 34.5 Å². The summed E-state index contributed by atoms with van der Waals surface area (Å²) in [6.45, 7) is 1.40. The number of nitrogens with zero attached hydrogens (tertiary/aromatic N) is 4. The molecule has 1 aromatic carbocycles. The Bertz CT molecular complexity index is 1040. The Balaban J connectivity index is 0.000000479. The first-order valence-electron chi connectivity index (χ1n) is 9.72. The lowest BCUT2D eigenvalue weighted by Gasteiger charge is -2.08. The molecule has 3 rings (SSSR count). The number of ketones is 1. The summed E-state index contributed by atoms with van der Waals surface area (Å²) in [5.41, 5.74) is 7.88. The third-order valence-electron chi connectivity index (χ3n) is 4.14. The molecule has 3 N–H and O–H groups in total. The van der Waals surface area contributed by atoms with E-state index < -0.39 is 12.1 Å². The van der Waals surface area contributed by atoms with Gasteiger partial charge in [0.1, 0.15) is 12.9 Å². The maximum absolute atomic E-state index is 12.4. The van der Waals surface area contributed by atoms with Crippen LogP contribution in [0.3, 0.4) is 0 Å². The van der Waals surface area contributed by atoms with Crippen molar-refractivity contribution < 1.29 is 32.6 Å². The third kappa shape index (κ3) is 9.07. The normalized spacial score (nSPS) is 10.8. The van der Waals surface area contributed by atoms with Crippen molar-refractivity contribution >= 4 is 11.8 Å². The van der Waals surface area contributed by atoms with Gasteiger partial charge in [-0.3, -0.25) is 9.48 Å². The Morgan fingerprint density at radius 3 is 2.55 bits per heavy atom. The first kappa shape index (κ1) is 25.5. The number of carboxylic acid groups (broad SMARTS) is 1. The number of carboxylic acids is 1. The molecule has 2 aromatic heterocycles. The molecule has 0 aliphatic carbocycles. The molecule has 0 fully saturated rings. The lowest BCUT2D eigenvalue weighted by atomic mass is 10.0. The molecular formula is C21H22F3N5O4. The molecule has 0 aliphatic heterocycles. The Kier molecular flexibility index (Phi) is 9.48. The number of ether oxygens (including phenoxy) is 1. The van der Waals surface area contributed by atoms with Crippen LogP contribution >= 0.6 is 0 Å². The van der Waals surface area contributed by atoms with E-state index >= 15 is 0 Å². The van der Waals surface area contributed by atoms with Crippen molar-refractivity contribution in [3.63, 3.8) is 0 Å². The van der Waals surface area contributed by atoms with E-state index in [1.807, 2.05) is 41.2 Å². The van der Waals surface area contributed by atoms with E-state index in [4.69, 9.17) is 20.4 Å². The van der Waals surface area contributed by atoms with Crippen molar-refractivity contribution in [1.82, 2.24) is 19.7 Å². The van der Waals surface area contributed by atoms with Crippen LogP contribution < -0.4 is 10.5 Å². The number of alkyl halides is 3. The van der Waals surface area contributed by atoms with Crippen LogP contribution in [-0.2, 0) is 24.5 Å². The number of carbonyl (C=O) groups is 2. The van der Waals surface area contributed by atoms with E-state index in [9.17, 15) is 18.0 Å². The smallest absolute Gasteiger partial charge is 0.475 e. The molecule has 0 aliphatic rings. The third-order valence-corrected chi connectivity index (χ3v) is 4.14. The van der Waals surface area contributed by atoms with Crippen LogP contribution in [0.15, 0.2) is 55.1 Å². The fraction of sp³-hybridized carbons (Fsp3) is 0.286. The molecule has 0 amide bonds. The van der Waals surface area contributed by atoms with Crippen molar-refractivity contribution in [3.05, 3.63) is 71.9 Å². The zero-order valence-electron chi connectivity index (χ0n) is 17.4. The number of aromatic nitrogens is 4. The van der Waals surface area contributed by atoms with Gasteiger partial charge in [0.05, 0.1) is 5.69 Å². The first-order valence-corrected chi connectivity index (χ1v) is 9.72. The number of Topliss-reactive ketones (excluding diaryl/α,β-unsaturated/α-hetero) is 1. The molecule has 0 radical (unpaired) electrons. The van der Waals surface area contributed by atoms with Crippen molar-refractivity contribution in [1.29, 1.82) is 0 Å². The molecule has 33 heavy (non-hydrogen) atoms. The van der Waals surface area contributed by atoms with Gasteiger partial charge in [-0.05, 0) is 24.1 Å². The van der Waals surface area contributed by atoms with Gasteiger partial charge in [0.25, 0.3) is 0 Å². The summed E-state index contributed by atoms with van der Waals surface area (Å²) < 4.78 is 39.2. The quantitative estimate of drug-likeness (QED) is 0.461. The van der Waals surface area contributed by atoms with Crippen molar-refractivity contribution in [2.75, 3.05) is 0 Å². The minimum Gasteiger partial charge on any atom is -0.475 e. The summed E-state index contributed by atoms with van der Waals surface area (Å²) in [5, 5.41) is 11.3. The second-order valence-corrected chi connectivity index (χ2v) is 6.64. The molecule has 176 valence electrons. The van der Waals surface area contributed by atoms with Crippen molar-refractivity contribution in [2.45, 2.75) is 38.7 Å². The minimum atomic E-state index is -5.08. The van der Waals surface area contributed by atoms with E-state index in [-0.39, 0.29) is 5.78 Å². The van der Waals surface area contributed by atoms with E-state index in [2.05, 4.69) is 15.1 Å². The van der Waals surface area contributed by atoms with Crippen LogP contribution in [0.4, 0.5) is 13.2 Å². The van der Waals surface area contributed by atoms with Gasteiger partial charge >= 0.3 is 12.1 Å². The molecule has 9 nitrogen and oxygen atoms in total. The number of benzene rings is 1. The average molecular weight is 465 g/mol. The highest BCUT2D eigenvalue weighted by Crippen LogP contribution is 2.14. The van der Waals surface area contributed by atoms with E-state index in [0.29, 0.717) is 31.0 Å². The van der Waals surface area contributed by atoms with E-state index in [1.54, 1.807) is 12.3 Å². The first-order chi connectivity index (χ1) is 15.7. The van der Waals surface area contributed by atoms with Gasteiger partial charge in [-0.2, -0.15) is 18.3 Å². The van der Waals surface area contributed by atoms with Crippen LogP contribution in [0.2, 0.25) is 0 Å². The summed E-state index contributed by atoms with van der Waals surface area (Å²) in [4.78, 5) is 29.4. The molecule has 0 atom stereocenters. The van der Waals surface area contributed by atoms with Crippen LogP contribution in [0.5, 0.6) is 5.88 Å². The zero-order chi connectivity index (χ0) is 24.3. The van der Waals surface area contributed by atoms with Crippen molar-refractivity contribution in [2.24, 2.45) is 5.73 Å². The fourth-order valence-corrected chi connectivity index (χ4v) is 2.54. The molecule has 2 heterocycles. The highest BCUT2D eigenvalue weighted by atomic mass is 19.4. The predicted octanol–water partition coefficient (Wildman–Crippen LogP) is 3.01. The number of hydrogen-bond acceptors (Lipinski definition) is 7. The number of nitrogens with two attached hydrogens (primary N) is 1. The largest absolute Gasteiger partial charge is 0.490 e. The number of rotatable bonds is 9. The van der Waals surface area contributed by atoms with E-state index in [0.717, 1.165) is 24.2 Å². The Morgan fingerprint density at radius 1 is 1.15 bits per heavy atom. The maximum Gasteiger partial charge on any atom is 0.490 e. The van der Waals surface area contributed by atoms with Gasteiger partial charge < -0.3 is 15.6 Å². The summed E-state index contributed by atoms with van der Waals surface area (Å²) in [6, 6.07) is 11.1. The molecule has 3 aromatic rings. The summed E-state index contributed by atoms with van der Waals surface area (Å²) in [5.74, 6) is -2.17. The summed E-state index contributed by atoms with van der Waals surface area (Å²) in [7, 11) is 0. The molecular weight excluding hydrogens is 443 g/mol.